The molecule has 2 N–H and O–H groups in total. The molecule has 1 aromatic heterocycles. The van der Waals surface area contributed by atoms with Crippen molar-refractivity contribution in [3.05, 3.63) is 22.4 Å². The van der Waals surface area contributed by atoms with E-state index in [1.54, 1.807) is 17.5 Å². The van der Waals surface area contributed by atoms with Crippen molar-refractivity contribution >= 4 is 23.1 Å². The molecule has 1 atom stereocenters. The first-order valence-corrected chi connectivity index (χ1v) is 4.84. The molecule has 14 heavy (non-hydrogen) atoms. The Morgan fingerprint density at radius 2 is 2.21 bits per heavy atom. The zero-order chi connectivity index (χ0) is 10.8. The average Bonchev–Trinajstić information content (AvgIpc) is 2.54. The van der Waals surface area contributed by atoms with Crippen molar-refractivity contribution < 1.29 is 19.8 Å². The second kappa shape index (κ2) is 3.89. The van der Waals surface area contributed by atoms with Crippen LogP contribution in [0.2, 0.25) is 0 Å². The molecule has 1 unspecified atom stereocenters. The minimum atomic E-state index is -1.99. The monoisotopic (exact) mass is 214 g/mol. The van der Waals surface area contributed by atoms with Crippen molar-refractivity contribution in [1.29, 1.82) is 0 Å². The van der Waals surface area contributed by atoms with Crippen LogP contribution < -0.4 is 0 Å². The molecule has 0 bridgehead atoms. The first-order valence-electron chi connectivity index (χ1n) is 3.96. The molecule has 1 rings (SSSR count). The number of rotatable bonds is 4. The van der Waals surface area contributed by atoms with Gasteiger partial charge in [0.25, 0.3) is 0 Å². The highest BCUT2D eigenvalue weighted by Crippen LogP contribution is 2.17. The van der Waals surface area contributed by atoms with E-state index in [9.17, 15) is 14.7 Å². The van der Waals surface area contributed by atoms with E-state index in [1.807, 2.05) is 0 Å². The second-order valence-corrected chi connectivity index (χ2v) is 4.10. The average molecular weight is 214 g/mol. The summed E-state index contributed by atoms with van der Waals surface area (Å²) in [6, 6.07) is 3.30. The standard InChI is InChI=1S/C9H10O4S/c1-9(13,8(11)12)5-6(10)7-3-2-4-14-7/h2-4,13H,5H2,1H3,(H,11,12). The van der Waals surface area contributed by atoms with Gasteiger partial charge in [-0.05, 0) is 18.4 Å². The molecule has 1 heterocycles. The van der Waals surface area contributed by atoms with Crippen molar-refractivity contribution in [2.24, 2.45) is 0 Å². The summed E-state index contributed by atoms with van der Waals surface area (Å²) in [5, 5.41) is 19.7. The fraction of sp³-hybridized carbons (Fsp3) is 0.333. The first-order chi connectivity index (χ1) is 6.43. The number of ketones is 1. The molecule has 0 spiro atoms. The second-order valence-electron chi connectivity index (χ2n) is 3.16. The van der Waals surface area contributed by atoms with E-state index in [-0.39, 0.29) is 5.78 Å². The lowest BCUT2D eigenvalue weighted by atomic mass is 9.99. The van der Waals surface area contributed by atoms with Crippen LogP contribution in [0.5, 0.6) is 0 Å². The van der Waals surface area contributed by atoms with Gasteiger partial charge in [-0.2, -0.15) is 0 Å². The molecule has 0 aromatic carbocycles. The third-order valence-corrected chi connectivity index (χ3v) is 2.67. The predicted octanol–water partition coefficient (Wildman–Crippen LogP) is 1.16. The maximum absolute atomic E-state index is 11.4. The zero-order valence-electron chi connectivity index (χ0n) is 7.56. The molecule has 0 aliphatic rings. The molecular weight excluding hydrogens is 204 g/mol. The Labute approximate surface area is 84.8 Å². The maximum Gasteiger partial charge on any atom is 0.335 e. The van der Waals surface area contributed by atoms with E-state index in [2.05, 4.69) is 0 Å². The summed E-state index contributed by atoms with van der Waals surface area (Å²) in [6.07, 6.45) is -0.400. The molecule has 76 valence electrons. The number of carbonyl (C=O) groups is 2. The Hall–Kier alpha value is -1.20. The number of carbonyl (C=O) groups excluding carboxylic acids is 1. The number of hydrogen-bond donors (Lipinski definition) is 2. The Balaban J connectivity index is 2.71. The zero-order valence-corrected chi connectivity index (χ0v) is 8.37. The van der Waals surface area contributed by atoms with E-state index in [4.69, 9.17) is 5.11 Å². The van der Waals surface area contributed by atoms with Crippen LogP contribution in [0, 0.1) is 0 Å². The van der Waals surface area contributed by atoms with Crippen LogP contribution in [-0.2, 0) is 4.79 Å². The molecule has 5 heteroatoms. The Bertz CT molecular complexity index is 340. The van der Waals surface area contributed by atoms with Gasteiger partial charge in [-0.3, -0.25) is 4.79 Å². The van der Waals surface area contributed by atoms with Gasteiger partial charge in [0.05, 0.1) is 11.3 Å². The fourth-order valence-electron chi connectivity index (χ4n) is 0.913. The van der Waals surface area contributed by atoms with Gasteiger partial charge in [-0.25, -0.2) is 4.79 Å². The molecule has 0 radical (unpaired) electrons. The highest BCUT2D eigenvalue weighted by atomic mass is 32.1. The summed E-state index contributed by atoms with van der Waals surface area (Å²) in [5.74, 6) is -1.74. The number of carboxylic acid groups (broad SMARTS) is 1. The topological polar surface area (TPSA) is 74.6 Å². The minimum absolute atomic E-state index is 0.354. The molecule has 1 aromatic rings. The molecule has 0 fully saturated rings. The Morgan fingerprint density at radius 3 is 2.64 bits per heavy atom. The van der Waals surface area contributed by atoms with Gasteiger partial charge in [0.15, 0.2) is 11.4 Å². The van der Waals surface area contributed by atoms with Crippen LogP contribution >= 0.6 is 11.3 Å². The van der Waals surface area contributed by atoms with Gasteiger partial charge in [0.2, 0.25) is 0 Å². The summed E-state index contributed by atoms with van der Waals surface area (Å²) in [7, 11) is 0. The van der Waals surface area contributed by atoms with Crippen LogP contribution in [0.1, 0.15) is 23.0 Å². The third kappa shape index (κ3) is 2.40. The molecule has 0 aliphatic carbocycles. The third-order valence-electron chi connectivity index (χ3n) is 1.76. The highest BCUT2D eigenvalue weighted by molar-refractivity contribution is 7.12. The van der Waals surface area contributed by atoms with Gasteiger partial charge in [-0.15, -0.1) is 11.3 Å². The van der Waals surface area contributed by atoms with E-state index in [0.29, 0.717) is 4.88 Å². The Kier molecular flexibility index (Phi) is 3.03. The lowest BCUT2D eigenvalue weighted by molar-refractivity contribution is -0.156. The Morgan fingerprint density at radius 1 is 1.57 bits per heavy atom. The van der Waals surface area contributed by atoms with Crippen molar-refractivity contribution in [2.75, 3.05) is 0 Å². The lowest BCUT2D eigenvalue weighted by Gasteiger charge is -2.15. The van der Waals surface area contributed by atoms with Crippen LogP contribution in [0.15, 0.2) is 17.5 Å². The van der Waals surface area contributed by atoms with Gasteiger partial charge in [0, 0.05) is 0 Å². The summed E-state index contributed by atoms with van der Waals surface area (Å²) in [4.78, 5) is 22.4. The SMILES string of the molecule is CC(O)(CC(=O)c1cccs1)C(=O)O. The van der Waals surface area contributed by atoms with Crippen LogP contribution in [0.3, 0.4) is 0 Å². The molecule has 0 amide bonds. The summed E-state index contributed by atoms with van der Waals surface area (Å²) in [5.41, 5.74) is -1.99. The molecular formula is C9H10O4S. The number of carboxylic acids is 1. The van der Waals surface area contributed by atoms with Gasteiger partial charge in [0.1, 0.15) is 0 Å². The largest absolute Gasteiger partial charge is 0.479 e. The van der Waals surface area contributed by atoms with Crippen LogP contribution in [-0.4, -0.2) is 27.6 Å². The van der Waals surface area contributed by atoms with Gasteiger partial charge >= 0.3 is 5.97 Å². The summed E-state index contributed by atoms with van der Waals surface area (Å²) in [6.45, 7) is 1.11. The van der Waals surface area contributed by atoms with Crippen molar-refractivity contribution in [1.82, 2.24) is 0 Å². The summed E-state index contributed by atoms with van der Waals surface area (Å²) >= 11 is 1.23. The minimum Gasteiger partial charge on any atom is -0.479 e. The smallest absolute Gasteiger partial charge is 0.335 e. The lowest BCUT2D eigenvalue weighted by Crippen LogP contribution is -2.37. The van der Waals surface area contributed by atoms with Crippen LogP contribution in [0.25, 0.3) is 0 Å². The van der Waals surface area contributed by atoms with Crippen molar-refractivity contribution in [3.8, 4) is 0 Å². The maximum atomic E-state index is 11.4. The molecule has 0 saturated heterocycles. The van der Waals surface area contributed by atoms with Gasteiger partial charge < -0.3 is 10.2 Å². The van der Waals surface area contributed by atoms with Crippen molar-refractivity contribution in [2.45, 2.75) is 18.9 Å². The van der Waals surface area contributed by atoms with E-state index < -0.39 is 18.0 Å². The fourth-order valence-corrected chi connectivity index (χ4v) is 1.58. The number of Topliss-reactive ketones (excluding diaryl/α,β-unsaturated/α-hetero) is 1. The summed E-state index contributed by atoms with van der Waals surface area (Å²) < 4.78 is 0. The van der Waals surface area contributed by atoms with Gasteiger partial charge in [-0.1, -0.05) is 6.07 Å². The molecule has 0 aliphatic heterocycles. The van der Waals surface area contributed by atoms with Crippen molar-refractivity contribution in [3.63, 3.8) is 0 Å². The molecule has 4 nitrogen and oxygen atoms in total. The van der Waals surface area contributed by atoms with Crippen LogP contribution in [0.4, 0.5) is 0 Å². The first kappa shape index (κ1) is 10.9. The quantitative estimate of drug-likeness (QED) is 0.737. The van der Waals surface area contributed by atoms with E-state index in [0.717, 1.165) is 6.92 Å². The predicted molar refractivity (Wildman–Crippen MR) is 51.5 cm³/mol. The number of thiophene rings is 1. The molecule has 0 saturated carbocycles. The number of aliphatic hydroxyl groups is 1. The number of aliphatic carboxylic acids is 1. The van der Waals surface area contributed by atoms with E-state index in [1.165, 1.54) is 11.3 Å². The van der Waals surface area contributed by atoms with E-state index >= 15 is 0 Å². The number of hydrogen-bond acceptors (Lipinski definition) is 4. The highest BCUT2D eigenvalue weighted by Gasteiger charge is 2.33. The normalized spacial score (nSPS) is 14.7.